The average molecular weight is 341 g/mol. The van der Waals surface area contributed by atoms with Gasteiger partial charge in [0.25, 0.3) is 5.91 Å². The van der Waals surface area contributed by atoms with E-state index >= 15 is 0 Å². The molecule has 132 valence electrons. The lowest BCUT2D eigenvalue weighted by Crippen LogP contribution is -2.30. The monoisotopic (exact) mass is 341 g/mol. The maximum atomic E-state index is 11.8. The Morgan fingerprint density at radius 1 is 1.00 bits per heavy atom. The zero-order chi connectivity index (χ0) is 18.1. The summed E-state index contributed by atoms with van der Waals surface area (Å²) in [5.74, 6) is 0.0728. The van der Waals surface area contributed by atoms with Crippen molar-refractivity contribution in [2.75, 3.05) is 20.3 Å². The Morgan fingerprint density at radius 3 is 2.40 bits per heavy atom. The van der Waals surface area contributed by atoms with Crippen LogP contribution < -0.4 is 10.1 Å². The summed E-state index contributed by atoms with van der Waals surface area (Å²) in [7, 11) is 1.62. The highest BCUT2D eigenvalue weighted by Gasteiger charge is 2.10. The highest BCUT2D eigenvalue weighted by atomic mass is 16.5. The second kappa shape index (κ2) is 9.47. The van der Waals surface area contributed by atoms with E-state index in [0.717, 1.165) is 22.4 Å². The maximum Gasteiger partial charge on any atom is 0.310 e. The molecule has 0 radical (unpaired) electrons. The summed E-state index contributed by atoms with van der Waals surface area (Å²) in [5, 5.41) is 2.74. The second-order valence-corrected chi connectivity index (χ2v) is 5.68. The normalized spacial score (nSPS) is 10.2. The molecule has 25 heavy (non-hydrogen) atoms. The maximum absolute atomic E-state index is 11.8. The van der Waals surface area contributed by atoms with Gasteiger partial charge in [0.05, 0.1) is 13.5 Å². The summed E-state index contributed by atoms with van der Waals surface area (Å²) in [6, 6.07) is 15.3. The molecule has 2 rings (SSSR count). The lowest BCUT2D eigenvalue weighted by atomic mass is 10.1. The fourth-order valence-electron chi connectivity index (χ4n) is 2.46. The molecule has 0 spiro atoms. The molecule has 0 aliphatic heterocycles. The Kier molecular flexibility index (Phi) is 7.01. The van der Waals surface area contributed by atoms with Crippen molar-refractivity contribution in [1.29, 1.82) is 0 Å². The Hall–Kier alpha value is -2.82. The van der Waals surface area contributed by atoms with Crippen molar-refractivity contribution >= 4 is 11.9 Å². The fraction of sp³-hybridized carbons (Fsp3) is 0.300. The summed E-state index contributed by atoms with van der Waals surface area (Å²) >= 11 is 0. The van der Waals surface area contributed by atoms with Gasteiger partial charge in [-0.3, -0.25) is 9.59 Å². The Bertz CT molecular complexity index is 727. The van der Waals surface area contributed by atoms with Gasteiger partial charge < -0.3 is 14.8 Å². The van der Waals surface area contributed by atoms with Crippen LogP contribution in [0.4, 0.5) is 0 Å². The van der Waals surface area contributed by atoms with E-state index in [1.807, 2.05) is 55.5 Å². The van der Waals surface area contributed by atoms with Crippen LogP contribution in [0.25, 0.3) is 0 Å². The Balaban J connectivity index is 1.70. The molecule has 1 amide bonds. The van der Waals surface area contributed by atoms with Crippen molar-refractivity contribution in [3.63, 3.8) is 0 Å². The minimum atomic E-state index is -0.408. The van der Waals surface area contributed by atoms with E-state index in [1.54, 1.807) is 7.11 Å². The summed E-state index contributed by atoms with van der Waals surface area (Å²) in [6.07, 6.45) is 0.814. The Labute approximate surface area is 148 Å². The van der Waals surface area contributed by atoms with Crippen molar-refractivity contribution in [2.45, 2.75) is 19.8 Å². The number of ether oxygens (including phenoxy) is 2. The smallest absolute Gasteiger partial charge is 0.310 e. The van der Waals surface area contributed by atoms with Gasteiger partial charge >= 0.3 is 5.97 Å². The number of esters is 1. The highest BCUT2D eigenvalue weighted by Crippen LogP contribution is 2.17. The van der Waals surface area contributed by atoms with Gasteiger partial charge in [0.15, 0.2) is 6.61 Å². The number of hydrogen-bond donors (Lipinski definition) is 1. The molecule has 2 aromatic carbocycles. The third-order valence-electron chi connectivity index (χ3n) is 3.87. The number of benzene rings is 2. The van der Waals surface area contributed by atoms with E-state index in [1.165, 1.54) is 0 Å². The predicted molar refractivity (Wildman–Crippen MR) is 95.5 cm³/mol. The van der Waals surface area contributed by atoms with Crippen molar-refractivity contribution < 1.29 is 19.1 Å². The third kappa shape index (κ3) is 5.95. The predicted octanol–water partition coefficient (Wildman–Crippen LogP) is 2.45. The van der Waals surface area contributed by atoms with Crippen LogP contribution in [0.3, 0.4) is 0 Å². The zero-order valence-corrected chi connectivity index (χ0v) is 14.6. The van der Waals surface area contributed by atoms with Crippen LogP contribution >= 0.6 is 0 Å². The molecule has 0 unspecified atom stereocenters. The molecule has 0 bridgehead atoms. The number of nitrogens with one attached hydrogen (secondary N) is 1. The van der Waals surface area contributed by atoms with Gasteiger partial charge in [-0.1, -0.05) is 42.5 Å². The van der Waals surface area contributed by atoms with Crippen molar-refractivity contribution in [2.24, 2.45) is 0 Å². The molecule has 2 aromatic rings. The lowest BCUT2D eigenvalue weighted by molar-refractivity contribution is -0.147. The van der Waals surface area contributed by atoms with Crippen molar-refractivity contribution in [3.05, 3.63) is 65.2 Å². The number of carbonyl (C=O) groups excluding carboxylic acids is 2. The molecule has 0 aliphatic carbocycles. The largest absolute Gasteiger partial charge is 0.496 e. The topological polar surface area (TPSA) is 64.6 Å². The average Bonchev–Trinajstić information content (AvgIpc) is 2.62. The van der Waals surface area contributed by atoms with Gasteiger partial charge in [-0.2, -0.15) is 0 Å². The van der Waals surface area contributed by atoms with Gasteiger partial charge in [-0.05, 0) is 36.1 Å². The fourth-order valence-corrected chi connectivity index (χ4v) is 2.46. The van der Waals surface area contributed by atoms with Gasteiger partial charge in [0.1, 0.15) is 5.75 Å². The molecule has 0 aliphatic rings. The van der Waals surface area contributed by atoms with Gasteiger partial charge in [-0.15, -0.1) is 0 Å². The molecule has 1 N–H and O–H groups in total. The van der Waals surface area contributed by atoms with Crippen LogP contribution in [0.5, 0.6) is 5.75 Å². The summed E-state index contributed by atoms with van der Waals surface area (Å²) < 4.78 is 10.3. The molecule has 0 heterocycles. The van der Waals surface area contributed by atoms with E-state index in [-0.39, 0.29) is 18.9 Å². The minimum absolute atomic E-state index is 0.168. The third-order valence-corrected chi connectivity index (χ3v) is 3.87. The first-order valence-corrected chi connectivity index (χ1v) is 8.19. The zero-order valence-electron chi connectivity index (χ0n) is 14.6. The van der Waals surface area contributed by atoms with Crippen molar-refractivity contribution in [1.82, 2.24) is 5.32 Å². The first-order chi connectivity index (χ1) is 12.1. The molecular formula is C20H23NO4. The minimum Gasteiger partial charge on any atom is -0.496 e. The van der Waals surface area contributed by atoms with Gasteiger partial charge in [0, 0.05) is 6.54 Å². The van der Waals surface area contributed by atoms with Crippen LogP contribution in [0, 0.1) is 6.92 Å². The quantitative estimate of drug-likeness (QED) is 0.749. The van der Waals surface area contributed by atoms with Crippen LogP contribution in [0.2, 0.25) is 0 Å². The lowest BCUT2D eigenvalue weighted by Gasteiger charge is -2.10. The molecule has 0 atom stereocenters. The van der Waals surface area contributed by atoms with E-state index in [2.05, 4.69) is 5.32 Å². The number of rotatable bonds is 8. The second-order valence-electron chi connectivity index (χ2n) is 5.68. The van der Waals surface area contributed by atoms with E-state index < -0.39 is 5.97 Å². The number of methoxy groups -OCH3 is 1. The first kappa shape index (κ1) is 18.5. The van der Waals surface area contributed by atoms with Crippen LogP contribution in [0.15, 0.2) is 48.5 Å². The Morgan fingerprint density at radius 2 is 1.68 bits per heavy atom. The summed E-state index contributed by atoms with van der Waals surface area (Å²) in [6.45, 7) is 2.12. The van der Waals surface area contributed by atoms with E-state index in [4.69, 9.17) is 9.47 Å². The van der Waals surface area contributed by atoms with Crippen LogP contribution in [0.1, 0.15) is 16.7 Å². The summed E-state index contributed by atoms with van der Waals surface area (Å²) in [5.41, 5.74) is 2.95. The van der Waals surface area contributed by atoms with Crippen LogP contribution in [-0.2, 0) is 27.2 Å². The summed E-state index contributed by atoms with van der Waals surface area (Å²) in [4.78, 5) is 23.6. The van der Waals surface area contributed by atoms with E-state index in [9.17, 15) is 9.59 Å². The SMILES string of the molecule is COc1ccccc1CCNC(=O)COC(=O)Cc1ccccc1C. The van der Waals surface area contributed by atoms with Crippen molar-refractivity contribution in [3.8, 4) is 5.75 Å². The standard InChI is InChI=1S/C20H23NO4/c1-15-7-3-4-9-17(15)13-20(23)25-14-19(22)21-12-11-16-8-5-6-10-18(16)24-2/h3-10H,11-14H2,1-2H3,(H,21,22). The molecule has 0 fully saturated rings. The molecular weight excluding hydrogens is 318 g/mol. The molecule has 0 saturated carbocycles. The number of hydrogen-bond acceptors (Lipinski definition) is 4. The number of para-hydroxylation sites is 1. The first-order valence-electron chi connectivity index (χ1n) is 8.19. The van der Waals surface area contributed by atoms with Gasteiger partial charge in [-0.25, -0.2) is 0 Å². The number of amides is 1. The number of aryl methyl sites for hydroxylation is 1. The van der Waals surface area contributed by atoms with Crippen LogP contribution in [-0.4, -0.2) is 32.1 Å². The molecule has 5 heteroatoms. The molecule has 5 nitrogen and oxygen atoms in total. The van der Waals surface area contributed by atoms with Gasteiger partial charge in [0.2, 0.25) is 0 Å². The highest BCUT2D eigenvalue weighted by molar-refractivity contribution is 5.81. The molecule has 0 saturated heterocycles. The molecule has 0 aromatic heterocycles. The number of carbonyl (C=O) groups is 2. The van der Waals surface area contributed by atoms with E-state index in [0.29, 0.717) is 13.0 Å².